The lowest BCUT2D eigenvalue weighted by atomic mass is 10.3. The molecule has 3 heteroatoms. The molecule has 84 valence electrons. The maximum Gasteiger partial charge on any atom is 0.215 e. The molecular weight excluding hydrogens is 188 g/mol. The van der Waals surface area contributed by atoms with Gasteiger partial charge in [-0.2, -0.15) is 4.98 Å². The predicted molar refractivity (Wildman–Crippen MR) is 63.4 cm³/mol. The number of hydrogen-bond donors (Lipinski definition) is 1. The van der Waals surface area contributed by atoms with E-state index >= 15 is 0 Å². The molecule has 0 bridgehead atoms. The van der Waals surface area contributed by atoms with Crippen LogP contribution in [0.25, 0.3) is 0 Å². The second-order valence-corrected chi connectivity index (χ2v) is 3.62. The Hall–Kier alpha value is -1.25. The highest BCUT2D eigenvalue weighted by atomic mass is 16.5. The molecule has 1 heterocycles. The molecule has 0 spiro atoms. The van der Waals surface area contributed by atoms with Crippen LogP contribution in [0.3, 0.4) is 0 Å². The zero-order valence-electron chi connectivity index (χ0n) is 9.79. The van der Waals surface area contributed by atoms with E-state index in [1.807, 2.05) is 25.1 Å². The Morgan fingerprint density at radius 1 is 1.40 bits per heavy atom. The van der Waals surface area contributed by atoms with Crippen molar-refractivity contribution in [3.63, 3.8) is 0 Å². The Bertz CT molecular complexity index is 289. The average Bonchev–Trinajstić information content (AvgIpc) is 2.26. The molecule has 0 fully saturated rings. The van der Waals surface area contributed by atoms with Crippen LogP contribution in [0, 0.1) is 0 Å². The molecule has 0 aliphatic heterocycles. The zero-order chi connectivity index (χ0) is 11.1. The van der Waals surface area contributed by atoms with Gasteiger partial charge in [-0.05, 0) is 25.8 Å². The van der Waals surface area contributed by atoms with Gasteiger partial charge in [0.25, 0.3) is 0 Å². The first-order valence-electron chi connectivity index (χ1n) is 5.63. The summed E-state index contributed by atoms with van der Waals surface area (Å²) in [5, 5.41) is 3.23. The Kier molecular flexibility index (Phi) is 4.95. The van der Waals surface area contributed by atoms with Gasteiger partial charge in [0.05, 0.1) is 6.10 Å². The molecule has 0 amide bonds. The summed E-state index contributed by atoms with van der Waals surface area (Å²) in [4.78, 5) is 4.36. The smallest absolute Gasteiger partial charge is 0.215 e. The fourth-order valence-corrected chi connectivity index (χ4v) is 1.12. The lowest BCUT2D eigenvalue weighted by molar-refractivity contribution is 0.209. The van der Waals surface area contributed by atoms with Crippen LogP contribution >= 0.6 is 0 Å². The molecule has 1 aromatic heterocycles. The lowest BCUT2D eigenvalue weighted by Gasteiger charge is -2.12. The molecule has 0 aliphatic rings. The number of aromatic nitrogens is 1. The van der Waals surface area contributed by atoms with E-state index in [4.69, 9.17) is 4.74 Å². The molecule has 1 atom stereocenters. The Morgan fingerprint density at radius 3 is 2.87 bits per heavy atom. The van der Waals surface area contributed by atoms with Crippen molar-refractivity contribution in [2.24, 2.45) is 0 Å². The number of rotatable bonds is 6. The second kappa shape index (κ2) is 6.27. The van der Waals surface area contributed by atoms with Gasteiger partial charge >= 0.3 is 0 Å². The first-order valence-corrected chi connectivity index (χ1v) is 5.63. The molecule has 0 saturated heterocycles. The van der Waals surface area contributed by atoms with Crippen molar-refractivity contribution >= 4 is 5.82 Å². The summed E-state index contributed by atoms with van der Waals surface area (Å²) >= 11 is 0. The summed E-state index contributed by atoms with van der Waals surface area (Å²) in [6.07, 6.45) is 2.31. The molecule has 3 nitrogen and oxygen atoms in total. The van der Waals surface area contributed by atoms with Crippen molar-refractivity contribution in [3.05, 3.63) is 18.2 Å². The summed E-state index contributed by atoms with van der Waals surface area (Å²) in [5.74, 6) is 1.59. The Labute approximate surface area is 91.9 Å². The van der Waals surface area contributed by atoms with Gasteiger partial charge in [-0.25, -0.2) is 0 Å². The van der Waals surface area contributed by atoms with Crippen LogP contribution in [0.5, 0.6) is 5.88 Å². The highest BCUT2D eigenvalue weighted by Gasteiger charge is 2.02. The fraction of sp³-hybridized carbons (Fsp3) is 0.583. The van der Waals surface area contributed by atoms with E-state index in [1.165, 1.54) is 0 Å². The number of nitrogens with one attached hydrogen (secondary N) is 1. The molecule has 0 aromatic carbocycles. The van der Waals surface area contributed by atoms with Crippen LogP contribution in [0.1, 0.15) is 33.6 Å². The van der Waals surface area contributed by atoms with E-state index in [0.29, 0.717) is 5.88 Å². The first kappa shape index (κ1) is 11.8. The van der Waals surface area contributed by atoms with Gasteiger partial charge in [0, 0.05) is 12.6 Å². The van der Waals surface area contributed by atoms with Crippen molar-refractivity contribution in [3.8, 4) is 5.88 Å². The van der Waals surface area contributed by atoms with E-state index in [1.54, 1.807) is 0 Å². The molecular formula is C12H20N2O. The summed E-state index contributed by atoms with van der Waals surface area (Å²) < 4.78 is 5.63. The first-order chi connectivity index (χ1) is 7.26. The highest BCUT2D eigenvalue weighted by Crippen LogP contribution is 2.13. The third-order valence-electron chi connectivity index (χ3n) is 2.18. The van der Waals surface area contributed by atoms with Gasteiger partial charge in [-0.1, -0.05) is 19.9 Å². The van der Waals surface area contributed by atoms with Crippen molar-refractivity contribution in [1.29, 1.82) is 0 Å². The van der Waals surface area contributed by atoms with E-state index in [-0.39, 0.29) is 6.10 Å². The summed E-state index contributed by atoms with van der Waals surface area (Å²) in [6, 6.07) is 5.81. The third-order valence-corrected chi connectivity index (χ3v) is 2.18. The van der Waals surface area contributed by atoms with Gasteiger partial charge < -0.3 is 10.1 Å². The Morgan fingerprint density at radius 2 is 2.20 bits per heavy atom. The maximum absolute atomic E-state index is 5.63. The molecule has 0 aliphatic carbocycles. The minimum atomic E-state index is 0.221. The van der Waals surface area contributed by atoms with E-state index < -0.39 is 0 Å². The SMILES string of the molecule is CCCNc1cccc(OC(C)CC)n1. The lowest BCUT2D eigenvalue weighted by Crippen LogP contribution is -2.11. The standard InChI is InChI=1S/C12H20N2O/c1-4-9-13-11-7-6-8-12(14-11)15-10(3)5-2/h6-8,10H,4-5,9H2,1-3H3,(H,13,14). The normalized spacial score (nSPS) is 12.2. The van der Waals surface area contributed by atoms with E-state index in [0.717, 1.165) is 25.2 Å². The highest BCUT2D eigenvalue weighted by molar-refractivity contribution is 5.36. The van der Waals surface area contributed by atoms with Crippen LogP contribution < -0.4 is 10.1 Å². The molecule has 0 saturated carbocycles. The minimum Gasteiger partial charge on any atom is -0.475 e. The van der Waals surface area contributed by atoms with Gasteiger partial charge in [0.1, 0.15) is 5.82 Å². The van der Waals surface area contributed by atoms with Crippen LogP contribution in [0.2, 0.25) is 0 Å². The minimum absolute atomic E-state index is 0.221. The van der Waals surface area contributed by atoms with Crippen LogP contribution in [0.4, 0.5) is 5.82 Å². The number of nitrogens with zero attached hydrogens (tertiary/aromatic N) is 1. The summed E-state index contributed by atoms with van der Waals surface area (Å²) in [5.41, 5.74) is 0. The molecule has 1 N–H and O–H groups in total. The number of hydrogen-bond acceptors (Lipinski definition) is 3. The molecule has 15 heavy (non-hydrogen) atoms. The van der Waals surface area contributed by atoms with Crippen molar-refractivity contribution in [2.45, 2.75) is 39.7 Å². The zero-order valence-corrected chi connectivity index (χ0v) is 9.79. The monoisotopic (exact) mass is 208 g/mol. The predicted octanol–water partition coefficient (Wildman–Crippen LogP) is 3.08. The topological polar surface area (TPSA) is 34.1 Å². The average molecular weight is 208 g/mol. The third kappa shape index (κ3) is 4.19. The number of ether oxygens (including phenoxy) is 1. The van der Waals surface area contributed by atoms with Crippen molar-refractivity contribution in [1.82, 2.24) is 4.98 Å². The van der Waals surface area contributed by atoms with Crippen molar-refractivity contribution < 1.29 is 4.74 Å². The maximum atomic E-state index is 5.63. The van der Waals surface area contributed by atoms with Crippen LogP contribution in [-0.4, -0.2) is 17.6 Å². The summed E-state index contributed by atoms with van der Waals surface area (Å²) in [6.45, 7) is 7.23. The van der Waals surface area contributed by atoms with E-state index in [2.05, 4.69) is 24.1 Å². The number of anilines is 1. The van der Waals surface area contributed by atoms with Crippen LogP contribution in [0.15, 0.2) is 18.2 Å². The fourth-order valence-electron chi connectivity index (χ4n) is 1.12. The van der Waals surface area contributed by atoms with E-state index in [9.17, 15) is 0 Å². The Balaban J connectivity index is 2.57. The molecule has 1 aromatic rings. The van der Waals surface area contributed by atoms with Gasteiger partial charge in [-0.3, -0.25) is 0 Å². The van der Waals surface area contributed by atoms with Gasteiger partial charge in [0.15, 0.2) is 0 Å². The molecule has 1 unspecified atom stereocenters. The number of pyridine rings is 1. The van der Waals surface area contributed by atoms with Crippen molar-refractivity contribution in [2.75, 3.05) is 11.9 Å². The quantitative estimate of drug-likeness (QED) is 0.780. The van der Waals surface area contributed by atoms with Gasteiger partial charge in [-0.15, -0.1) is 0 Å². The second-order valence-electron chi connectivity index (χ2n) is 3.62. The molecule has 0 radical (unpaired) electrons. The van der Waals surface area contributed by atoms with Crippen LogP contribution in [-0.2, 0) is 0 Å². The summed E-state index contributed by atoms with van der Waals surface area (Å²) in [7, 11) is 0. The van der Waals surface area contributed by atoms with Gasteiger partial charge in [0.2, 0.25) is 5.88 Å². The largest absolute Gasteiger partial charge is 0.475 e. The molecule has 1 rings (SSSR count).